The van der Waals surface area contributed by atoms with Gasteiger partial charge in [-0.1, -0.05) is 42.8 Å². The molecule has 0 heterocycles. The monoisotopic (exact) mass is 371 g/mol. The van der Waals surface area contributed by atoms with Gasteiger partial charge in [0.2, 0.25) is 0 Å². The maximum atomic E-state index is 12.4. The van der Waals surface area contributed by atoms with Crippen molar-refractivity contribution in [3.8, 4) is 5.75 Å². The molecule has 2 aromatic rings. The van der Waals surface area contributed by atoms with Gasteiger partial charge in [0.05, 0.1) is 0 Å². The number of nitrogens with one attached hydrogen (secondary N) is 1. The highest BCUT2D eigenvalue weighted by atomic mass is 32.2. The highest BCUT2D eigenvalue weighted by Crippen LogP contribution is 2.18. The van der Waals surface area contributed by atoms with Crippen molar-refractivity contribution in [1.82, 2.24) is 5.32 Å². The Morgan fingerprint density at radius 2 is 1.92 bits per heavy atom. The molecule has 1 amide bonds. The number of carbonyl (C=O) groups is 1. The summed E-state index contributed by atoms with van der Waals surface area (Å²) in [7, 11) is 0. The second-order valence-electron chi connectivity index (χ2n) is 6.59. The molecule has 2 rings (SSSR count). The zero-order valence-corrected chi connectivity index (χ0v) is 17.0. The van der Waals surface area contributed by atoms with Crippen molar-refractivity contribution in [2.24, 2.45) is 0 Å². The third kappa shape index (κ3) is 6.41. The molecule has 1 atom stereocenters. The van der Waals surface area contributed by atoms with Crippen LogP contribution in [0.2, 0.25) is 0 Å². The molecule has 0 bridgehead atoms. The summed E-state index contributed by atoms with van der Waals surface area (Å²) < 4.78 is 5.88. The highest BCUT2D eigenvalue weighted by Gasteiger charge is 2.18. The molecule has 0 aromatic heterocycles. The molecule has 0 radical (unpaired) electrons. The summed E-state index contributed by atoms with van der Waals surface area (Å²) in [5.41, 5.74) is 5.00. The molecule has 0 aliphatic heterocycles. The minimum absolute atomic E-state index is 0.0399. The third-order valence-electron chi connectivity index (χ3n) is 4.32. The maximum absolute atomic E-state index is 12.4. The van der Waals surface area contributed by atoms with E-state index in [1.807, 2.05) is 36.9 Å². The van der Waals surface area contributed by atoms with Gasteiger partial charge in [0.1, 0.15) is 5.75 Å². The van der Waals surface area contributed by atoms with Gasteiger partial charge in [-0.2, -0.15) is 11.8 Å². The number of ether oxygens (including phenoxy) is 1. The van der Waals surface area contributed by atoms with Crippen molar-refractivity contribution in [1.29, 1.82) is 0 Å². The lowest BCUT2D eigenvalue weighted by atomic mass is 10.1. The number of amides is 1. The predicted octanol–water partition coefficient (Wildman–Crippen LogP) is 4.82. The van der Waals surface area contributed by atoms with Crippen molar-refractivity contribution >= 4 is 17.7 Å². The van der Waals surface area contributed by atoms with Crippen molar-refractivity contribution in [2.45, 2.75) is 46.0 Å². The molecule has 0 aliphatic carbocycles. The Balaban J connectivity index is 1.73. The number of carbonyl (C=O) groups excluding carboxylic acids is 1. The van der Waals surface area contributed by atoms with Crippen LogP contribution >= 0.6 is 11.8 Å². The molecule has 0 fully saturated rings. The van der Waals surface area contributed by atoms with E-state index in [1.54, 1.807) is 0 Å². The number of benzene rings is 2. The molecule has 3 nitrogen and oxygen atoms in total. The van der Waals surface area contributed by atoms with Crippen LogP contribution in [0.3, 0.4) is 0 Å². The van der Waals surface area contributed by atoms with E-state index in [1.165, 1.54) is 22.3 Å². The summed E-state index contributed by atoms with van der Waals surface area (Å²) in [6.45, 7) is 8.85. The van der Waals surface area contributed by atoms with Crippen LogP contribution in [0.4, 0.5) is 0 Å². The van der Waals surface area contributed by atoms with Gasteiger partial charge in [-0.15, -0.1) is 0 Å². The van der Waals surface area contributed by atoms with Gasteiger partial charge in [-0.3, -0.25) is 4.79 Å². The van der Waals surface area contributed by atoms with E-state index in [4.69, 9.17) is 4.74 Å². The minimum atomic E-state index is -0.445. The molecule has 0 saturated carbocycles. The SMILES string of the molecule is CC[C@@H](Oc1ccc(C)c(C)c1)C(=O)NCCSCc1cccc(C)c1. The van der Waals surface area contributed by atoms with E-state index in [0.717, 1.165) is 17.3 Å². The molecule has 140 valence electrons. The first-order valence-electron chi connectivity index (χ1n) is 9.14. The zero-order valence-electron chi connectivity index (χ0n) is 16.2. The first kappa shape index (κ1) is 20.4. The standard InChI is InChI=1S/C22H29NO2S/c1-5-21(25-20-10-9-17(3)18(4)14-20)22(24)23-11-12-26-15-19-8-6-7-16(2)13-19/h6-10,13-14,21H,5,11-12,15H2,1-4H3,(H,23,24)/t21-/m1/s1. The van der Waals surface area contributed by atoms with E-state index in [0.29, 0.717) is 13.0 Å². The van der Waals surface area contributed by atoms with E-state index in [-0.39, 0.29) is 5.91 Å². The molecule has 2 aromatic carbocycles. The Labute approximate surface area is 161 Å². The molecule has 0 unspecified atom stereocenters. The van der Waals surface area contributed by atoms with Crippen LogP contribution in [-0.2, 0) is 10.5 Å². The lowest BCUT2D eigenvalue weighted by Gasteiger charge is -2.18. The first-order valence-corrected chi connectivity index (χ1v) is 10.3. The second-order valence-corrected chi connectivity index (χ2v) is 7.70. The van der Waals surface area contributed by atoms with E-state index in [9.17, 15) is 4.79 Å². The Hall–Kier alpha value is -1.94. The van der Waals surface area contributed by atoms with Gasteiger partial charge in [0, 0.05) is 18.1 Å². The maximum Gasteiger partial charge on any atom is 0.261 e. The van der Waals surface area contributed by atoms with Gasteiger partial charge in [0.15, 0.2) is 6.10 Å². The average molecular weight is 372 g/mol. The normalized spacial score (nSPS) is 11.8. The Morgan fingerprint density at radius 3 is 2.62 bits per heavy atom. The molecule has 26 heavy (non-hydrogen) atoms. The van der Waals surface area contributed by atoms with Crippen LogP contribution in [0, 0.1) is 20.8 Å². The molecule has 0 saturated heterocycles. The number of hydrogen-bond acceptors (Lipinski definition) is 3. The fraction of sp³-hybridized carbons (Fsp3) is 0.409. The molecule has 0 aliphatic rings. The summed E-state index contributed by atoms with van der Waals surface area (Å²) in [5, 5.41) is 2.99. The summed E-state index contributed by atoms with van der Waals surface area (Å²) in [5.74, 6) is 2.57. The number of rotatable bonds is 9. The number of thioether (sulfide) groups is 1. The fourth-order valence-corrected chi connectivity index (χ4v) is 3.43. The Bertz CT molecular complexity index is 730. The van der Waals surface area contributed by atoms with Crippen LogP contribution in [0.15, 0.2) is 42.5 Å². The first-order chi connectivity index (χ1) is 12.5. The van der Waals surface area contributed by atoms with Gasteiger partial charge in [-0.05, 0) is 56.0 Å². The molecule has 4 heteroatoms. The fourth-order valence-electron chi connectivity index (χ4n) is 2.63. The quantitative estimate of drug-likeness (QED) is 0.642. The average Bonchev–Trinajstić information content (AvgIpc) is 2.62. The number of aryl methyl sites for hydroxylation is 3. The lowest BCUT2D eigenvalue weighted by molar-refractivity contribution is -0.127. The Morgan fingerprint density at radius 1 is 1.12 bits per heavy atom. The van der Waals surface area contributed by atoms with Crippen LogP contribution in [-0.4, -0.2) is 24.3 Å². The van der Waals surface area contributed by atoms with Crippen molar-refractivity contribution in [3.05, 3.63) is 64.7 Å². The van der Waals surface area contributed by atoms with Gasteiger partial charge in [0.25, 0.3) is 5.91 Å². The van der Waals surface area contributed by atoms with Crippen LogP contribution in [0.1, 0.15) is 35.6 Å². The lowest BCUT2D eigenvalue weighted by Crippen LogP contribution is -2.39. The van der Waals surface area contributed by atoms with Crippen LogP contribution in [0.25, 0.3) is 0 Å². The summed E-state index contributed by atoms with van der Waals surface area (Å²) in [6.07, 6.45) is 0.203. The topological polar surface area (TPSA) is 38.3 Å². The summed E-state index contributed by atoms with van der Waals surface area (Å²) >= 11 is 1.83. The molecule has 1 N–H and O–H groups in total. The van der Waals surface area contributed by atoms with Crippen molar-refractivity contribution < 1.29 is 9.53 Å². The van der Waals surface area contributed by atoms with Crippen LogP contribution < -0.4 is 10.1 Å². The van der Waals surface area contributed by atoms with Gasteiger partial charge < -0.3 is 10.1 Å². The number of hydrogen-bond donors (Lipinski definition) is 1. The predicted molar refractivity (Wildman–Crippen MR) is 111 cm³/mol. The molecule has 0 spiro atoms. The van der Waals surface area contributed by atoms with Crippen LogP contribution in [0.5, 0.6) is 5.75 Å². The largest absolute Gasteiger partial charge is 0.481 e. The summed E-state index contributed by atoms with van der Waals surface area (Å²) in [6, 6.07) is 14.5. The minimum Gasteiger partial charge on any atom is -0.481 e. The highest BCUT2D eigenvalue weighted by molar-refractivity contribution is 7.98. The van der Waals surface area contributed by atoms with Crippen molar-refractivity contribution in [3.63, 3.8) is 0 Å². The van der Waals surface area contributed by atoms with E-state index < -0.39 is 6.10 Å². The van der Waals surface area contributed by atoms with E-state index in [2.05, 4.69) is 50.4 Å². The van der Waals surface area contributed by atoms with Crippen molar-refractivity contribution in [2.75, 3.05) is 12.3 Å². The molecular weight excluding hydrogens is 342 g/mol. The summed E-state index contributed by atoms with van der Waals surface area (Å²) in [4.78, 5) is 12.4. The van der Waals surface area contributed by atoms with Gasteiger partial charge >= 0.3 is 0 Å². The zero-order chi connectivity index (χ0) is 18.9. The smallest absolute Gasteiger partial charge is 0.261 e. The van der Waals surface area contributed by atoms with E-state index >= 15 is 0 Å². The molecular formula is C22H29NO2S. The van der Waals surface area contributed by atoms with Gasteiger partial charge in [-0.25, -0.2) is 0 Å². The Kier molecular flexibility index (Phi) is 8.05. The third-order valence-corrected chi connectivity index (χ3v) is 5.35. The second kappa shape index (κ2) is 10.3.